The summed E-state index contributed by atoms with van der Waals surface area (Å²) in [7, 11) is 1.74. The van der Waals surface area contributed by atoms with E-state index in [1.165, 1.54) is 17.1 Å². The van der Waals surface area contributed by atoms with E-state index >= 15 is 0 Å². The molecule has 2 rings (SSSR count). The van der Waals surface area contributed by atoms with Gasteiger partial charge in [0.25, 0.3) is 9.24 Å². The monoisotopic (exact) mass is 224 g/mol. The number of likely N-dealkylation sites (tertiary alicyclic amines) is 1. The highest BCUT2D eigenvalue weighted by Gasteiger charge is 2.38. The van der Waals surface area contributed by atoms with Crippen LogP contribution in [-0.4, -0.2) is 49.8 Å². The van der Waals surface area contributed by atoms with Crippen LogP contribution >= 0.6 is 10.7 Å². The average molecular weight is 225 g/mol. The zero-order valence-electron chi connectivity index (χ0n) is 7.32. The standard InChI is InChI=1S/C7H13ClN2O2S/c8-13(11,12)10-5-7(6-10)9-3-1-2-4-9/h7H,1-6H2. The summed E-state index contributed by atoms with van der Waals surface area (Å²) in [4.78, 5) is 2.35. The number of nitrogens with zero attached hydrogens (tertiary/aromatic N) is 2. The molecule has 4 nitrogen and oxygen atoms in total. The minimum absolute atomic E-state index is 0.413. The molecule has 0 unspecified atom stereocenters. The molecular weight excluding hydrogens is 212 g/mol. The highest BCUT2D eigenvalue weighted by Crippen LogP contribution is 2.23. The lowest BCUT2D eigenvalue weighted by Gasteiger charge is -2.41. The summed E-state index contributed by atoms with van der Waals surface area (Å²) in [5, 5.41) is 0. The topological polar surface area (TPSA) is 40.6 Å². The number of hydrogen-bond acceptors (Lipinski definition) is 3. The molecule has 13 heavy (non-hydrogen) atoms. The molecule has 6 heteroatoms. The van der Waals surface area contributed by atoms with E-state index in [-0.39, 0.29) is 0 Å². The first-order chi connectivity index (χ1) is 6.07. The van der Waals surface area contributed by atoms with Crippen molar-refractivity contribution in [2.75, 3.05) is 26.2 Å². The van der Waals surface area contributed by atoms with Crippen molar-refractivity contribution >= 4 is 19.9 Å². The van der Waals surface area contributed by atoms with Crippen molar-refractivity contribution < 1.29 is 8.42 Å². The van der Waals surface area contributed by atoms with Crippen molar-refractivity contribution in [2.45, 2.75) is 18.9 Å². The Balaban J connectivity index is 1.84. The van der Waals surface area contributed by atoms with Crippen LogP contribution in [0, 0.1) is 0 Å². The summed E-state index contributed by atoms with van der Waals surface area (Å²) in [6.45, 7) is 3.37. The predicted molar refractivity (Wildman–Crippen MR) is 50.9 cm³/mol. The Labute approximate surface area is 83.0 Å². The highest BCUT2D eigenvalue weighted by atomic mass is 35.7. The molecule has 0 N–H and O–H groups in total. The van der Waals surface area contributed by atoms with E-state index in [9.17, 15) is 8.42 Å². The molecule has 0 saturated carbocycles. The molecule has 2 aliphatic heterocycles. The van der Waals surface area contributed by atoms with Crippen molar-refractivity contribution in [3.05, 3.63) is 0 Å². The van der Waals surface area contributed by atoms with Crippen LogP contribution in [0.1, 0.15) is 12.8 Å². The van der Waals surface area contributed by atoms with Crippen LogP contribution in [0.15, 0.2) is 0 Å². The Hall–Kier alpha value is 0.160. The van der Waals surface area contributed by atoms with Crippen LogP contribution in [0.2, 0.25) is 0 Å². The number of hydrogen-bond donors (Lipinski definition) is 0. The van der Waals surface area contributed by atoms with Crippen LogP contribution < -0.4 is 0 Å². The fourth-order valence-electron chi connectivity index (χ4n) is 1.93. The summed E-state index contributed by atoms with van der Waals surface area (Å²) < 4.78 is 23.0. The van der Waals surface area contributed by atoms with Gasteiger partial charge in [0.15, 0.2) is 0 Å². The first-order valence-electron chi connectivity index (χ1n) is 4.51. The van der Waals surface area contributed by atoms with Crippen LogP contribution in [0.5, 0.6) is 0 Å². The van der Waals surface area contributed by atoms with E-state index in [4.69, 9.17) is 10.7 Å². The lowest BCUT2D eigenvalue weighted by atomic mass is 10.1. The average Bonchev–Trinajstić information content (AvgIpc) is 2.31. The minimum atomic E-state index is -3.45. The molecular formula is C7H13ClN2O2S. The maximum Gasteiger partial charge on any atom is 0.299 e. The number of halogens is 1. The third-order valence-electron chi connectivity index (χ3n) is 2.79. The molecule has 0 atom stereocenters. The second-order valence-corrected chi connectivity index (χ2v) is 6.17. The SMILES string of the molecule is O=S(=O)(Cl)N1CC(N2CCCC2)C1. The molecule has 2 fully saturated rings. The van der Waals surface area contributed by atoms with Gasteiger partial charge in [0.1, 0.15) is 0 Å². The Morgan fingerprint density at radius 3 is 2.15 bits per heavy atom. The fraction of sp³-hybridized carbons (Fsp3) is 1.00. The van der Waals surface area contributed by atoms with Crippen molar-refractivity contribution in [3.63, 3.8) is 0 Å². The fourth-order valence-corrected chi connectivity index (χ4v) is 2.97. The van der Waals surface area contributed by atoms with E-state index in [1.807, 2.05) is 0 Å². The van der Waals surface area contributed by atoms with Gasteiger partial charge in [0, 0.05) is 29.8 Å². The van der Waals surface area contributed by atoms with E-state index in [0.29, 0.717) is 19.1 Å². The smallest absolute Gasteiger partial charge is 0.298 e. The van der Waals surface area contributed by atoms with Crippen molar-refractivity contribution in [3.8, 4) is 0 Å². The maximum absolute atomic E-state index is 10.8. The summed E-state index contributed by atoms with van der Waals surface area (Å²) in [5.74, 6) is 0. The second kappa shape index (κ2) is 3.38. The molecule has 0 aliphatic carbocycles. The van der Waals surface area contributed by atoms with Gasteiger partial charge in [0.2, 0.25) is 0 Å². The van der Waals surface area contributed by atoms with Crippen molar-refractivity contribution in [1.82, 2.24) is 9.21 Å². The number of rotatable bonds is 2. The first kappa shape index (κ1) is 9.71. The van der Waals surface area contributed by atoms with Crippen LogP contribution in [0.25, 0.3) is 0 Å². The Kier molecular flexibility index (Phi) is 2.53. The molecule has 0 amide bonds. The summed E-state index contributed by atoms with van der Waals surface area (Å²) in [6, 6.07) is 0.413. The van der Waals surface area contributed by atoms with Gasteiger partial charge in [-0.3, -0.25) is 4.90 Å². The molecule has 0 aromatic heterocycles. The summed E-state index contributed by atoms with van der Waals surface area (Å²) in [6.07, 6.45) is 2.48. The molecule has 0 radical (unpaired) electrons. The van der Waals surface area contributed by atoms with E-state index < -0.39 is 9.24 Å². The van der Waals surface area contributed by atoms with Gasteiger partial charge in [-0.25, -0.2) is 0 Å². The van der Waals surface area contributed by atoms with Crippen LogP contribution in [0.4, 0.5) is 0 Å². The van der Waals surface area contributed by atoms with Crippen LogP contribution in [0.3, 0.4) is 0 Å². The van der Waals surface area contributed by atoms with Gasteiger partial charge in [-0.15, -0.1) is 0 Å². The van der Waals surface area contributed by atoms with Gasteiger partial charge in [-0.2, -0.15) is 12.7 Å². The second-order valence-electron chi connectivity index (χ2n) is 3.66. The zero-order chi connectivity index (χ0) is 9.47. The largest absolute Gasteiger partial charge is 0.299 e. The minimum Gasteiger partial charge on any atom is -0.298 e. The normalized spacial score (nSPS) is 27.8. The Bertz CT molecular complexity index is 281. The molecule has 0 aromatic carbocycles. The van der Waals surface area contributed by atoms with E-state index in [0.717, 1.165) is 13.1 Å². The maximum atomic E-state index is 10.8. The van der Waals surface area contributed by atoms with Gasteiger partial charge >= 0.3 is 0 Å². The molecule has 0 bridgehead atoms. The van der Waals surface area contributed by atoms with E-state index in [2.05, 4.69) is 4.90 Å². The Morgan fingerprint density at radius 2 is 1.69 bits per heavy atom. The highest BCUT2D eigenvalue weighted by molar-refractivity contribution is 8.11. The molecule has 2 heterocycles. The van der Waals surface area contributed by atoms with Crippen molar-refractivity contribution in [2.24, 2.45) is 0 Å². The van der Waals surface area contributed by atoms with Gasteiger partial charge in [-0.05, 0) is 25.9 Å². The molecule has 2 saturated heterocycles. The molecule has 2 aliphatic rings. The van der Waals surface area contributed by atoms with Gasteiger partial charge < -0.3 is 0 Å². The molecule has 76 valence electrons. The zero-order valence-corrected chi connectivity index (χ0v) is 8.89. The predicted octanol–water partition coefficient (Wildman–Crippen LogP) is 0.250. The quantitative estimate of drug-likeness (QED) is 0.632. The van der Waals surface area contributed by atoms with Crippen molar-refractivity contribution in [1.29, 1.82) is 0 Å². The summed E-state index contributed by atoms with van der Waals surface area (Å²) in [5.41, 5.74) is 0. The Morgan fingerprint density at radius 1 is 1.15 bits per heavy atom. The summed E-state index contributed by atoms with van der Waals surface area (Å²) >= 11 is 0. The third-order valence-corrected chi connectivity index (χ3v) is 4.29. The lowest BCUT2D eigenvalue weighted by molar-refractivity contribution is 0.112. The molecule has 0 spiro atoms. The first-order valence-corrected chi connectivity index (χ1v) is 6.78. The van der Waals surface area contributed by atoms with E-state index in [1.54, 1.807) is 0 Å². The lowest BCUT2D eigenvalue weighted by Crippen LogP contribution is -2.59. The van der Waals surface area contributed by atoms with Crippen LogP contribution in [-0.2, 0) is 9.24 Å². The van der Waals surface area contributed by atoms with Gasteiger partial charge in [-0.1, -0.05) is 0 Å². The third kappa shape index (κ3) is 1.98. The van der Waals surface area contributed by atoms with Gasteiger partial charge in [0.05, 0.1) is 0 Å². The molecule has 0 aromatic rings.